The van der Waals surface area contributed by atoms with Crippen LogP contribution in [-0.2, 0) is 0 Å². The summed E-state index contributed by atoms with van der Waals surface area (Å²) in [4.78, 5) is 0. The second-order valence-corrected chi connectivity index (χ2v) is 31.0. The van der Waals surface area contributed by atoms with Crippen molar-refractivity contribution in [3.05, 3.63) is 461 Å². The monoisotopic (exact) mass is 1490 g/mol. The second kappa shape index (κ2) is 29.6. The van der Waals surface area contributed by atoms with E-state index >= 15 is 0 Å². The fourth-order valence-corrected chi connectivity index (χ4v) is 19.3. The van der Waals surface area contributed by atoms with Gasteiger partial charge >= 0.3 is 0 Å². The Morgan fingerprint density at radius 1 is 0.0847 bits per heavy atom. The molecule has 0 N–H and O–H groups in total. The molecule has 0 nitrogen and oxygen atoms in total. The Kier molecular flexibility index (Phi) is 17.4. The zero-order chi connectivity index (χ0) is 78.0. The van der Waals surface area contributed by atoms with Crippen LogP contribution in [-0.4, -0.2) is 0 Å². The Labute approximate surface area is 685 Å². The van der Waals surface area contributed by atoms with Crippen LogP contribution in [0.3, 0.4) is 0 Å². The van der Waals surface area contributed by atoms with Crippen molar-refractivity contribution >= 4 is 140 Å². The lowest BCUT2D eigenvalue weighted by Crippen LogP contribution is -1.92. The average molecular weight is 1490 g/mol. The molecular formula is C118H76. The highest BCUT2D eigenvalue weighted by atomic mass is 14.3. The summed E-state index contributed by atoms with van der Waals surface area (Å²) in [5.74, 6) is 0. The standard InChI is InChI=1S/2C40H26.C38H24/c1-2-13-27(14-3-1)28-16-12-17-30(25-28)39-34-21-8-10-23-36(34)40(37-24-11-9-22-35(37)39)38-26-29-15-4-5-18-31(29)32-19-6-7-20-33(32)38;1-2-12-27(13-3-1)28-22-24-29(25-23-28)39-34-18-8-10-20-36(34)40(37-21-11-9-19-35(37)39)38-26-30-14-4-5-15-31(30)32-16-6-7-17-33(32)38;1-2-12-26-23-28(22-21-25(26)11-1)37-32-17-7-9-19-34(32)38(35-20-10-8-18-33(35)37)36-24-27-13-3-4-14-29(27)30-15-5-6-16-31(30)36/h2*1-26H;1-24H. The normalized spacial score (nSPS) is 11.6. The summed E-state index contributed by atoms with van der Waals surface area (Å²) in [5, 5.41) is 33.4. The van der Waals surface area contributed by atoms with E-state index in [0.717, 1.165) is 0 Å². The minimum Gasteiger partial charge on any atom is -0.0622 e. The van der Waals surface area contributed by atoms with Gasteiger partial charge in [0.15, 0.2) is 0 Å². The highest BCUT2D eigenvalue weighted by Gasteiger charge is 2.24. The molecule has 24 aromatic carbocycles. The second-order valence-electron chi connectivity index (χ2n) is 31.0. The average Bonchev–Trinajstić information content (AvgIpc) is 0.731. The predicted molar refractivity (Wildman–Crippen MR) is 510 cm³/mol. The largest absolute Gasteiger partial charge is 0.0622 e. The molecule has 0 saturated carbocycles. The third-order valence-electron chi connectivity index (χ3n) is 24.5. The number of hydrogen-bond acceptors (Lipinski definition) is 0. The molecule has 0 heteroatoms. The van der Waals surface area contributed by atoms with E-state index in [1.807, 2.05) is 0 Å². The fraction of sp³-hybridized carbons (Fsp3) is 0. The lowest BCUT2D eigenvalue weighted by molar-refractivity contribution is 1.61. The van der Waals surface area contributed by atoms with E-state index in [-0.39, 0.29) is 0 Å². The Balaban J connectivity index is 0.000000107. The maximum Gasteiger partial charge on any atom is -0.00199 e. The van der Waals surface area contributed by atoms with E-state index in [1.165, 1.54) is 229 Å². The predicted octanol–water partition coefficient (Wildman–Crippen LogP) is 33.4. The molecule has 0 atom stereocenters. The van der Waals surface area contributed by atoms with Gasteiger partial charge in [0.1, 0.15) is 0 Å². The molecule has 0 fully saturated rings. The zero-order valence-corrected chi connectivity index (χ0v) is 64.9. The highest BCUT2D eigenvalue weighted by Crippen LogP contribution is 2.52. The van der Waals surface area contributed by atoms with Gasteiger partial charge in [-0.1, -0.05) is 431 Å². The van der Waals surface area contributed by atoms with Crippen LogP contribution in [0.5, 0.6) is 0 Å². The molecule has 24 aromatic rings. The number of hydrogen-bond donors (Lipinski definition) is 0. The van der Waals surface area contributed by atoms with E-state index in [0.29, 0.717) is 0 Å². The van der Waals surface area contributed by atoms with Gasteiger partial charge in [0.05, 0.1) is 0 Å². The maximum atomic E-state index is 2.39. The van der Waals surface area contributed by atoms with Crippen molar-refractivity contribution in [1.82, 2.24) is 0 Å². The topological polar surface area (TPSA) is 0 Å². The molecule has 0 aliphatic carbocycles. The first-order valence-electron chi connectivity index (χ1n) is 40.9. The van der Waals surface area contributed by atoms with Gasteiger partial charge in [-0.3, -0.25) is 0 Å². The van der Waals surface area contributed by atoms with E-state index < -0.39 is 0 Å². The third-order valence-corrected chi connectivity index (χ3v) is 24.5. The molecule has 0 amide bonds. The van der Waals surface area contributed by atoms with Crippen molar-refractivity contribution in [1.29, 1.82) is 0 Å². The Hall–Kier alpha value is -15.3. The molecule has 0 aliphatic heterocycles. The van der Waals surface area contributed by atoms with Crippen LogP contribution >= 0.6 is 0 Å². The third kappa shape index (κ3) is 12.0. The first-order valence-corrected chi connectivity index (χ1v) is 40.9. The van der Waals surface area contributed by atoms with E-state index in [1.54, 1.807) is 0 Å². The van der Waals surface area contributed by atoms with E-state index in [2.05, 4.69) is 461 Å². The van der Waals surface area contributed by atoms with Crippen LogP contribution in [0.25, 0.3) is 229 Å². The lowest BCUT2D eigenvalue weighted by atomic mass is 9.83. The summed E-state index contributed by atoms with van der Waals surface area (Å²) < 4.78 is 0. The van der Waals surface area contributed by atoms with Gasteiger partial charge in [0, 0.05) is 0 Å². The smallest absolute Gasteiger partial charge is 0.00199 e. The first kappa shape index (κ1) is 69.4. The van der Waals surface area contributed by atoms with Gasteiger partial charge < -0.3 is 0 Å². The molecule has 0 unspecified atom stereocenters. The van der Waals surface area contributed by atoms with Gasteiger partial charge in [-0.15, -0.1) is 0 Å². The molecule has 0 heterocycles. The van der Waals surface area contributed by atoms with Crippen LogP contribution in [0.4, 0.5) is 0 Å². The summed E-state index contributed by atoms with van der Waals surface area (Å²) in [6, 6.07) is 168. The molecule has 118 heavy (non-hydrogen) atoms. The fourth-order valence-electron chi connectivity index (χ4n) is 19.3. The van der Waals surface area contributed by atoms with E-state index in [9.17, 15) is 0 Å². The molecule has 0 radical (unpaired) electrons. The van der Waals surface area contributed by atoms with E-state index in [4.69, 9.17) is 0 Å². The molecule has 0 aromatic heterocycles. The molecule has 0 aliphatic rings. The minimum atomic E-state index is 1.23. The van der Waals surface area contributed by atoms with Gasteiger partial charge in [0.2, 0.25) is 0 Å². The molecule has 0 spiro atoms. The number of fused-ring (bicyclic) bond motifs is 16. The van der Waals surface area contributed by atoms with Gasteiger partial charge in [-0.2, -0.15) is 0 Å². The quantitative estimate of drug-likeness (QED) is 0.105. The van der Waals surface area contributed by atoms with Crippen LogP contribution in [0, 0.1) is 0 Å². The minimum absolute atomic E-state index is 1.23. The zero-order valence-electron chi connectivity index (χ0n) is 64.9. The molecule has 548 valence electrons. The SMILES string of the molecule is c1ccc(-c2ccc(-c3c4ccccc4c(-c4cc5ccccc5c5ccccc45)c4ccccc34)cc2)cc1.c1ccc(-c2cccc(-c3c4ccccc4c(-c4cc5ccccc5c5ccccc45)c4ccccc34)c2)cc1.c1ccc2cc(-c3c4ccccc4c(-c4cc5ccccc5c5ccccc45)c4ccccc34)ccc2c1. The Morgan fingerprint density at radius 2 is 0.297 bits per heavy atom. The summed E-state index contributed by atoms with van der Waals surface area (Å²) in [7, 11) is 0. The number of benzene rings is 24. The number of rotatable bonds is 8. The van der Waals surface area contributed by atoms with Crippen molar-refractivity contribution in [2.45, 2.75) is 0 Å². The van der Waals surface area contributed by atoms with Crippen molar-refractivity contribution in [2.24, 2.45) is 0 Å². The Bertz CT molecular complexity index is 7920. The van der Waals surface area contributed by atoms with Gasteiger partial charge in [-0.25, -0.2) is 0 Å². The van der Waals surface area contributed by atoms with Crippen molar-refractivity contribution in [2.75, 3.05) is 0 Å². The summed E-state index contributed by atoms with van der Waals surface area (Å²) in [5.41, 5.74) is 20.3. The molecule has 0 saturated heterocycles. The highest BCUT2D eigenvalue weighted by molar-refractivity contribution is 6.30. The van der Waals surface area contributed by atoms with Crippen LogP contribution in [0.15, 0.2) is 461 Å². The lowest BCUT2D eigenvalue weighted by Gasteiger charge is -2.20. The summed E-state index contributed by atoms with van der Waals surface area (Å²) in [6.45, 7) is 0. The molecule has 24 rings (SSSR count). The van der Waals surface area contributed by atoms with Crippen LogP contribution < -0.4 is 0 Å². The van der Waals surface area contributed by atoms with Crippen LogP contribution in [0.1, 0.15) is 0 Å². The molecular weight excluding hydrogens is 1420 g/mol. The van der Waals surface area contributed by atoms with Crippen LogP contribution in [0.2, 0.25) is 0 Å². The summed E-state index contributed by atoms with van der Waals surface area (Å²) in [6.07, 6.45) is 0. The first-order chi connectivity index (χ1) is 58.6. The van der Waals surface area contributed by atoms with Gasteiger partial charge in [-0.05, 0) is 259 Å². The van der Waals surface area contributed by atoms with Crippen molar-refractivity contribution in [3.8, 4) is 89.0 Å². The van der Waals surface area contributed by atoms with Crippen molar-refractivity contribution < 1.29 is 0 Å². The van der Waals surface area contributed by atoms with Gasteiger partial charge in [0.25, 0.3) is 0 Å². The Morgan fingerprint density at radius 3 is 0.644 bits per heavy atom. The molecule has 0 bridgehead atoms. The van der Waals surface area contributed by atoms with Crippen molar-refractivity contribution in [3.63, 3.8) is 0 Å². The maximum absolute atomic E-state index is 2.39. The summed E-state index contributed by atoms with van der Waals surface area (Å²) >= 11 is 0.